The molecule has 2 fully saturated rings. The van der Waals surface area contributed by atoms with Gasteiger partial charge in [-0.25, -0.2) is 4.39 Å². The Morgan fingerprint density at radius 2 is 1.89 bits per heavy atom. The van der Waals surface area contributed by atoms with Crippen LogP contribution in [-0.2, 0) is 4.79 Å². The van der Waals surface area contributed by atoms with Crippen molar-refractivity contribution in [2.24, 2.45) is 10.8 Å². The van der Waals surface area contributed by atoms with Crippen molar-refractivity contribution in [3.05, 3.63) is 54.1 Å². The zero-order valence-corrected chi connectivity index (χ0v) is 16.2. The fourth-order valence-electron chi connectivity index (χ4n) is 5.18. The third-order valence-electron chi connectivity index (χ3n) is 5.84. The largest absolute Gasteiger partial charge is 0.457 e. The van der Waals surface area contributed by atoms with E-state index in [2.05, 4.69) is 20.8 Å². The lowest BCUT2D eigenvalue weighted by atomic mass is 9.65. The monoisotopic (exact) mass is 367 g/mol. The molecule has 1 aromatic heterocycles. The van der Waals surface area contributed by atoms with Gasteiger partial charge in [-0.3, -0.25) is 4.79 Å². The van der Waals surface area contributed by atoms with Gasteiger partial charge in [0, 0.05) is 24.2 Å². The number of carbonyl (C=O) groups is 1. The molecule has 142 valence electrons. The Labute approximate surface area is 159 Å². The molecule has 1 saturated carbocycles. The van der Waals surface area contributed by atoms with Gasteiger partial charge in [-0.05, 0) is 72.6 Å². The summed E-state index contributed by atoms with van der Waals surface area (Å²) in [6, 6.07) is 10.2. The van der Waals surface area contributed by atoms with Gasteiger partial charge in [-0.2, -0.15) is 0 Å². The molecule has 27 heavy (non-hydrogen) atoms. The average molecular weight is 367 g/mol. The number of likely N-dealkylation sites (tertiary alicyclic amines) is 1. The summed E-state index contributed by atoms with van der Waals surface area (Å²) in [6.45, 7) is 7.75. The second-order valence-corrected chi connectivity index (χ2v) is 9.22. The maximum Gasteiger partial charge on any atom is 0.246 e. The SMILES string of the molecule is CC1(C)C[C@@H]2C[C@](C)(CN2C(=O)/C=C/c2ccc(-c3ccc(F)cc3)o2)C1. The molecule has 0 N–H and O–H groups in total. The predicted molar refractivity (Wildman–Crippen MR) is 104 cm³/mol. The van der Waals surface area contributed by atoms with Crippen molar-refractivity contribution in [1.82, 2.24) is 4.90 Å². The van der Waals surface area contributed by atoms with E-state index in [-0.39, 0.29) is 17.1 Å². The third kappa shape index (κ3) is 3.71. The van der Waals surface area contributed by atoms with E-state index in [1.807, 2.05) is 17.0 Å². The summed E-state index contributed by atoms with van der Waals surface area (Å²) in [7, 11) is 0. The van der Waals surface area contributed by atoms with E-state index in [1.54, 1.807) is 24.3 Å². The Morgan fingerprint density at radius 3 is 2.63 bits per heavy atom. The smallest absolute Gasteiger partial charge is 0.246 e. The van der Waals surface area contributed by atoms with Crippen molar-refractivity contribution < 1.29 is 13.6 Å². The summed E-state index contributed by atoms with van der Waals surface area (Å²) < 4.78 is 18.8. The topological polar surface area (TPSA) is 33.5 Å². The molecule has 1 amide bonds. The van der Waals surface area contributed by atoms with Gasteiger partial charge in [0.15, 0.2) is 0 Å². The standard InChI is InChI=1S/C23H26FNO2/c1-22(2)12-18-13-23(3,14-22)15-25(18)21(26)11-9-19-8-10-20(27-19)16-4-6-17(24)7-5-16/h4-11,18H,12-15H2,1-3H3/b11-9+/t18-,23+/m1/s1. The van der Waals surface area contributed by atoms with Crippen LogP contribution in [0.4, 0.5) is 4.39 Å². The molecule has 1 saturated heterocycles. The lowest BCUT2D eigenvalue weighted by molar-refractivity contribution is -0.127. The number of rotatable bonds is 3. The summed E-state index contributed by atoms with van der Waals surface area (Å²) in [6.07, 6.45) is 6.68. The van der Waals surface area contributed by atoms with Crippen LogP contribution in [0.5, 0.6) is 0 Å². The lowest BCUT2D eigenvalue weighted by Crippen LogP contribution is -2.36. The second-order valence-electron chi connectivity index (χ2n) is 9.22. The zero-order valence-electron chi connectivity index (χ0n) is 16.2. The number of furan rings is 1. The first-order valence-corrected chi connectivity index (χ1v) is 9.58. The molecule has 4 heteroatoms. The third-order valence-corrected chi connectivity index (χ3v) is 5.84. The minimum absolute atomic E-state index is 0.0566. The quantitative estimate of drug-likeness (QED) is 0.669. The van der Waals surface area contributed by atoms with E-state index >= 15 is 0 Å². The van der Waals surface area contributed by atoms with Gasteiger partial charge in [0.2, 0.25) is 5.91 Å². The van der Waals surface area contributed by atoms with E-state index in [1.165, 1.54) is 18.6 Å². The van der Waals surface area contributed by atoms with Crippen molar-refractivity contribution in [3.8, 4) is 11.3 Å². The summed E-state index contributed by atoms with van der Waals surface area (Å²) in [4.78, 5) is 14.8. The Kier molecular flexibility index (Phi) is 4.25. The van der Waals surface area contributed by atoms with E-state index < -0.39 is 0 Å². The van der Waals surface area contributed by atoms with Gasteiger partial charge in [-0.15, -0.1) is 0 Å². The Morgan fingerprint density at radius 1 is 1.15 bits per heavy atom. The number of fused-ring (bicyclic) bond motifs is 2. The summed E-state index contributed by atoms with van der Waals surface area (Å²) in [5.74, 6) is 1.06. The summed E-state index contributed by atoms with van der Waals surface area (Å²) >= 11 is 0. The Hall–Kier alpha value is -2.36. The minimum Gasteiger partial charge on any atom is -0.457 e. The molecule has 2 aliphatic rings. The summed E-state index contributed by atoms with van der Waals surface area (Å²) in [5, 5.41) is 0. The normalized spacial score (nSPS) is 26.7. The van der Waals surface area contributed by atoms with E-state index in [9.17, 15) is 9.18 Å². The number of carbonyl (C=O) groups excluding carboxylic acids is 1. The highest BCUT2D eigenvalue weighted by Gasteiger charge is 2.50. The second kappa shape index (κ2) is 6.36. The molecular formula is C23H26FNO2. The first kappa shape index (κ1) is 18.0. The van der Waals surface area contributed by atoms with Crippen LogP contribution in [0, 0.1) is 16.6 Å². The number of hydrogen-bond donors (Lipinski definition) is 0. The molecular weight excluding hydrogens is 341 g/mol. The van der Waals surface area contributed by atoms with Gasteiger partial charge in [0.25, 0.3) is 0 Å². The van der Waals surface area contributed by atoms with Crippen LogP contribution in [0.25, 0.3) is 17.4 Å². The highest BCUT2D eigenvalue weighted by molar-refractivity contribution is 5.92. The van der Waals surface area contributed by atoms with Gasteiger partial charge in [-0.1, -0.05) is 20.8 Å². The van der Waals surface area contributed by atoms with Crippen LogP contribution >= 0.6 is 0 Å². The fourth-order valence-corrected chi connectivity index (χ4v) is 5.18. The molecule has 2 bridgehead atoms. The first-order valence-electron chi connectivity index (χ1n) is 9.58. The molecule has 1 aliphatic heterocycles. The molecule has 0 spiro atoms. The molecule has 4 rings (SSSR count). The van der Waals surface area contributed by atoms with Gasteiger partial charge in [0.1, 0.15) is 17.3 Å². The van der Waals surface area contributed by atoms with E-state index in [4.69, 9.17) is 4.42 Å². The highest BCUT2D eigenvalue weighted by Crippen LogP contribution is 2.52. The van der Waals surface area contributed by atoms with Crippen LogP contribution in [0.3, 0.4) is 0 Å². The molecule has 2 atom stereocenters. The maximum atomic E-state index is 13.0. The van der Waals surface area contributed by atoms with Crippen molar-refractivity contribution in [1.29, 1.82) is 0 Å². The number of halogens is 1. The Balaban J connectivity index is 1.46. The van der Waals surface area contributed by atoms with Crippen LogP contribution in [0.1, 0.15) is 45.8 Å². The molecule has 2 heterocycles. The van der Waals surface area contributed by atoms with Crippen LogP contribution in [-0.4, -0.2) is 23.4 Å². The highest BCUT2D eigenvalue weighted by atomic mass is 19.1. The van der Waals surface area contributed by atoms with Crippen LogP contribution in [0.15, 0.2) is 46.9 Å². The van der Waals surface area contributed by atoms with Crippen LogP contribution < -0.4 is 0 Å². The number of amides is 1. The predicted octanol–water partition coefficient (Wildman–Crippen LogP) is 5.53. The summed E-state index contributed by atoms with van der Waals surface area (Å²) in [5.41, 5.74) is 1.34. The zero-order chi connectivity index (χ0) is 19.2. The molecule has 1 aromatic carbocycles. The molecule has 0 unspecified atom stereocenters. The van der Waals surface area contributed by atoms with Crippen LogP contribution in [0.2, 0.25) is 0 Å². The fraction of sp³-hybridized carbons (Fsp3) is 0.435. The van der Waals surface area contributed by atoms with Gasteiger partial charge in [0.05, 0.1) is 0 Å². The number of benzene rings is 1. The van der Waals surface area contributed by atoms with Gasteiger partial charge >= 0.3 is 0 Å². The Bertz CT molecular complexity index is 880. The average Bonchev–Trinajstić information content (AvgIpc) is 3.14. The van der Waals surface area contributed by atoms with E-state index in [0.29, 0.717) is 23.0 Å². The lowest BCUT2D eigenvalue weighted by Gasteiger charge is -2.39. The van der Waals surface area contributed by atoms with Crippen molar-refractivity contribution in [2.45, 2.75) is 46.1 Å². The first-order chi connectivity index (χ1) is 12.7. The molecule has 3 nitrogen and oxygen atoms in total. The van der Waals surface area contributed by atoms with E-state index in [0.717, 1.165) is 24.9 Å². The molecule has 2 aromatic rings. The van der Waals surface area contributed by atoms with Crippen molar-refractivity contribution >= 4 is 12.0 Å². The van der Waals surface area contributed by atoms with Gasteiger partial charge < -0.3 is 9.32 Å². The van der Waals surface area contributed by atoms with Crippen molar-refractivity contribution in [2.75, 3.05) is 6.54 Å². The minimum atomic E-state index is -0.274. The number of hydrogen-bond acceptors (Lipinski definition) is 2. The maximum absolute atomic E-state index is 13.0. The molecule has 1 aliphatic carbocycles. The number of nitrogens with zero attached hydrogens (tertiary/aromatic N) is 1. The molecule has 0 radical (unpaired) electrons. The van der Waals surface area contributed by atoms with Crippen molar-refractivity contribution in [3.63, 3.8) is 0 Å².